The molecule has 43 valence electrons. The minimum Gasteiger partial charge on any atom is 0 e. The Kier molecular flexibility index (Phi) is 83.7. The van der Waals surface area contributed by atoms with E-state index in [1.807, 2.05) is 0 Å². The molecular weight excluding hydrogens is 482 g/mol. The quantitative estimate of drug-likeness (QED) is 0.235. The molecule has 0 rings (SSSR count). The van der Waals surface area contributed by atoms with Crippen molar-refractivity contribution in [2.75, 3.05) is 0 Å². The maximum absolute atomic E-state index is 2.80. The summed E-state index contributed by atoms with van der Waals surface area (Å²) in [4.78, 5) is 0. The Balaban J connectivity index is -0.00000000750. The third-order valence-corrected chi connectivity index (χ3v) is 0. The van der Waals surface area contributed by atoms with Gasteiger partial charge in [-0.1, -0.05) is 0 Å². The van der Waals surface area contributed by atoms with Gasteiger partial charge >= 0.3 is 142 Å². The first-order valence-electron chi connectivity index (χ1n) is 0.827. The van der Waals surface area contributed by atoms with Crippen molar-refractivity contribution in [2.45, 2.75) is 0 Å². The minimum atomic E-state index is -0.502. The van der Waals surface area contributed by atoms with E-state index in [0.29, 0.717) is 0 Å². The van der Waals surface area contributed by atoms with Crippen molar-refractivity contribution in [3.63, 3.8) is 0 Å². The molecule has 0 saturated heterocycles. The summed E-state index contributed by atoms with van der Waals surface area (Å²) in [6.45, 7) is 0. The van der Waals surface area contributed by atoms with Crippen LogP contribution >= 0.6 is 7.33 Å². The minimum absolute atomic E-state index is 0. The first kappa shape index (κ1) is 29.2. The molecule has 8 heavy (non-hydrogen) atoms. The zero-order chi connectivity index (χ0) is 3.58. The van der Waals surface area contributed by atoms with Crippen LogP contribution in [0.1, 0.15) is 0 Å². The van der Waals surface area contributed by atoms with Crippen LogP contribution in [0.25, 0.3) is 0 Å². The van der Waals surface area contributed by atoms with Crippen LogP contribution in [0.2, 0.25) is 0 Å². The molecule has 0 spiro atoms. The van der Waals surface area contributed by atoms with E-state index < -0.39 is 14.5 Å². The zero-order valence-corrected chi connectivity index (χ0v) is 11.1. The summed E-state index contributed by atoms with van der Waals surface area (Å²) in [5.74, 6) is 0. The molecule has 0 aromatic carbocycles. The zero-order valence-electron chi connectivity index (χ0n) is 3.14. The fourth-order valence-electron chi connectivity index (χ4n) is 0. The summed E-state index contributed by atoms with van der Waals surface area (Å²) in [5, 5.41) is 0. The number of rotatable bonds is 0. The van der Waals surface area contributed by atoms with Crippen LogP contribution in [-0.4, -0.2) is 120 Å². The fraction of sp³-hybridized carbons (Fsp3) is 0. The Morgan fingerprint density at radius 3 is 1.50 bits per heavy atom. The van der Waals surface area contributed by atoms with Crippen molar-refractivity contribution >= 4 is 128 Å². The van der Waals surface area contributed by atoms with Gasteiger partial charge in [0.05, 0.1) is 0 Å². The Morgan fingerprint density at radius 2 is 1.50 bits per heavy atom. The molecule has 8 heteroatoms. The summed E-state index contributed by atoms with van der Waals surface area (Å²) in [5.41, 5.74) is 0. The maximum atomic E-state index is 2.80. The van der Waals surface area contributed by atoms with Gasteiger partial charge in [-0.25, -0.2) is 0 Å². The summed E-state index contributed by atoms with van der Waals surface area (Å²) in [6, 6.07) is 0. The number of hydrogen-bond acceptors (Lipinski definition) is 0. The van der Waals surface area contributed by atoms with Gasteiger partial charge in [0.1, 0.15) is 0 Å². The average molecular weight is 495 g/mol. The van der Waals surface area contributed by atoms with Crippen LogP contribution in [0.5, 0.6) is 0 Å². The molecule has 0 aliphatic rings. The summed E-state index contributed by atoms with van der Waals surface area (Å²) in [7, 11) is 2.80. The third-order valence-electron chi connectivity index (χ3n) is 0. The Bertz CT molecular complexity index is 28.8. The monoisotopic (exact) mass is 499 g/mol. The van der Waals surface area contributed by atoms with Crippen molar-refractivity contribution in [3.8, 4) is 0 Å². The molecule has 1 unspecified atom stereocenters. The molecule has 0 fully saturated rings. The van der Waals surface area contributed by atoms with Gasteiger partial charge in [-0.2, -0.15) is 0 Å². The first-order chi connectivity index (χ1) is 1.73. The topological polar surface area (TPSA) is 0 Å². The van der Waals surface area contributed by atoms with Crippen molar-refractivity contribution < 1.29 is 34.0 Å². The molecule has 0 nitrogen and oxygen atoms in total. The predicted molar refractivity (Wildman–Crippen MR) is 53.8 cm³/mol. The first-order valence-corrected chi connectivity index (χ1v) is 12.2. The second-order valence-electron chi connectivity index (χ2n) is 0.524. The summed E-state index contributed by atoms with van der Waals surface area (Å²) < 4.78 is 0. The molecule has 0 bridgehead atoms. The molecule has 0 aromatic rings. The van der Waals surface area contributed by atoms with Crippen LogP contribution in [0, 0.1) is 0 Å². The molecule has 0 heterocycles. The van der Waals surface area contributed by atoms with Crippen LogP contribution in [0.4, 0.5) is 0 Å². The van der Waals surface area contributed by atoms with Crippen molar-refractivity contribution in [3.05, 3.63) is 0 Å². The van der Waals surface area contributed by atoms with Crippen LogP contribution in [0.3, 0.4) is 0 Å². The molecule has 0 aliphatic carbocycles. The molecule has 0 aliphatic heterocycles. The average Bonchev–Trinajstić information content (AvgIpc) is 0.811. The SMILES string of the molecule is [BH2][Mo]([PH2])[SeH].[CaH2].[GeH4].[SrH2].[Zn]. The van der Waals surface area contributed by atoms with E-state index in [2.05, 4.69) is 26.8 Å². The van der Waals surface area contributed by atoms with Gasteiger partial charge in [0.25, 0.3) is 0 Å². The van der Waals surface area contributed by atoms with Gasteiger partial charge in [0, 0.05) is 19.5 Å². The molecule has 0 amide bonds. The van der Waals surface area contributed by atoms with Gasteiger partial charge in [0.2, 0.25) is 0 Å². The molecular formula is H13BCaGeMoPSeSrZn. The predicted octanol–water partition coefficient (Wildman–Crippen LogP) is -4.53. The smallest absolute Gasteiger partial charge is 0 e. The largest absolute Gasteiger partial charge is 0 e. The van der Waals surface area contributed by atoms with Gasteiger partial charge < -0.3 is 0 Å². The van der Waals surface area contributed by atoms with Crippen molar-refractivity contribution in [2.24, 2.45) is 0 Å². The second-order valence-corrected chi connectivity index (χ2v) is 19.5. The van der Waals surface area contributed by atoms with E-state index in [1.165, 1.54) is 0 Å². The van der Waals surface area contributed by atoms with E-state index >= 15 is 0 Å². The van der Waals surface area contributed by atoms with Crippen molar-refractivity contribution in [1.29, 1.82) is 0 Å². The molecule has 0 saturated carbocycles. The Labute approximate surface area is 157 Å². The van der Waals surface area contributed by atoms with Gasteiger partial charge in [-0.15, -0.1) is 0 Å². The van der Waals surface area contributed by atoms with E-state index in [9.17, 15) is 0 Å². The Hall–Kier alpha value is 5.61. The van der Waals surface area contributed by atoms with Crippen LogP contribution < -0.4 is 0 Å². The second kappa shape index (κ2) is 22.9. The van der Waals surface area contributed by atoms with E-state index in [1.54, 1.807) is 0 Å². The maximum Gasteiger partial charge on any atom is 0 e. The van der Waals surface area contributed by atoms with Gasteiger partial charge in [0.15, 0.2) is 0 Å². The van der Waals surface area contributed by atoms with E-state index in [0.717, 1.165) is 0 Å². The molecule has 0 radical (unpaired) electrons. The number of hydrogen-bond donors (Lipinski definition) is 0. The van der Waals surface area contributed by atoms with Crippen LogP contribution in [-0.2, 0) is 34.0 Å². The third kappa shape index (κ3) is 41.5. The molecule has 0 aromatic heterocycles. The molecule has 0 N–H and O–H groups in total. The van der Waals surface area contributed by atoms with Gasteiger partial charge in [-0.3, -0.25) is 0 Å². The standard InChI is InChI=1S/BH2.Ca.GeH4.Mo.H2P.H2Se.Sr.Zn.4H/h1H2;;1H4;;2*1H2;;;;;;/q+1;;;+1;-1;;;;;;;/p-1. The summed E-state index contributed by atoms with van der Waals surface area (Å²) in [6.07, 6.45) is 2.27. The van der Waals surface area contributed by atoms with Gasteiger partial charge in [-0.05, 0) is 0 Å². The van der Waals surface area contributed by atoms with Crippen molar-refractivity contribution in [1.82, 2.24) is 0 Å². The molecule has 1 atom stereocenters. The fourth-order valence-corrected chi connectivity index (χ4v) is 0. The normalized spacial score (nSPS) is 4.38. The van der Waals surface area contributed by atoms with Crippen LogP contribution in [0.15, 0.2) is 0 Å². The van der Waals surface area contributed by atoms with E-state index in [4.69, 9.17) is 0 Å². The Morgan fingerprint density at radius 1 is 1.50 bits per heavy atom. The summed E-state index contributed by atoms with van der Waals surface area (Å²) >= 11 is 2.17. The van der Waals surface area contributed by atoms with E-state index in [-0.39, 0.29) is 120 Å².